The van der Waals surface area contributed by atoms with Crippen LogP contribution in [-0.2, 0) is 27.9 Å². The number of esters is 1. The van der Waals surface area contributed by atoms with Crippen LogP contribution in [0.2, 0.25) is 0 Å². The fourth-order valence-corrected chi connectivity index (χ4v) is 6.49. The van der Waals surface area contributed by atoms with Crippen molar-refractivity contribution >= 4 is 13.8 Å². The number of phosphoric ester groups is 1. The highest BCUT2D eigenvalue weighted by atomic mass is 31.2. The molecule has 0 saturated carbocycles. The van der Waals surface area contributed by atoms with E-state index in [1.165, 1.54) is 77.0 Å². The topological polar surface area (TPSA) is 112 Å². The predicted molar refractivity (Wildman–Crippen MR) is 216 cm³/mol. The Balaban J connectivity index is 4.32. The highest BCUT2D eigenvalue weighted by Crippen LogP contribution is 2.43. The van der Waals surface area contributed by atoms with Gasteiger partial charge in [-0.15, -0.1) is 0 Å². The Bertz CT molecular complexity index is 907. The molecule has 308 valence electrons. The van der Waals surface area contributed by atoms with Crippen LogP contribution in [0.5, 0.6) is 0 Å². The number of carbonyl (C=O) groups is 1. The van der Waals surface area contributed by atoms with Crippen LogP contribution in [0.15, 0.2) is 24.3 Å². The number of carbonyl (C=O) groups excluding carboxylic acids is 1. The van der Waals surface area contributed by atoms with Crippen molar-refractivity contribution in [2.45, 2.75) is 187 Å². The van der Waals surface area contributed by atoms with Gasteiger partial charge >= 0.3 is 13.8 Å². The SMILES string of the molecule is CCCCCCCCCCCCCCCCOCC(COP(=O)(O)OCC[N+](C)(C)C)OC(=O)CCCCCCC/C=C\C=C\C(O)CCCCC. The van der Waals surface area contributed by atoms with Crippen LogP contribution in [0.4, 0.5) is 0 Å². The normalized spacial score (nSPS) is 14.7. The summed E-state index contributed by atoms with van der Waals surface area (Å²) < 4.78 is 34.9. The molecule has 0 aliphatic rings. The standard InChI is InChI=1S/C42H82NO8P/c1-6-8-10-11-12-13-14-15-16-17-21-24-27-31-36-48-38-41(39-50-52(46,47)49-37-35-43(3,4)5)51-42(45)34-30-26-23-20-18-19-22-25-29-33-40(44)32-28-9-7-2/h22,25,29,33,40-41,44H,6-21,23-24,26-28,30-32,34-39H2,1-5H3/p+1/b25-22-,33-29+. The summed E-state index contributed by atoms with van der Waals surface area (Å²) in [6.45, 7) is 5.46. The third kappa shape index (κ3) is 38.7. The molecule has 0 heterocycles. The summed E-state index contributed by atoms with van der Waals surface area (Å²) in [5.41, 5.74) is 0. The number of nitrogens with zero attached hydrogens (tertiary/aromatic N) is 1. The number of phosphoric acid groups is 1. The van der Waals surface area contributed by atoms with Crippen LogP contribution in [0.3, 0.4) is 0 Å². The molecule has 0 saturated heterocycles. The number of aliphatic hydroxyl groups excluding tert-OH is 1. The second-order valence-electron chi connectivity index (χ2n) is 15.6. The van der Waals surface area contributed by atoms with E-state index in [1.54, 1.807) is 0 Å². The third-order valence-corrected chi connectivity index (χ3v) is 10.1. The molecular formula is C42H83NO8P+. The summed E-state index contributed by atoms with van der Waals surface area (Å²) in [7, 11) is 1.63. The van der Waals surface area contributed by atoms with E-state index < -0.39 is 13.9 Å². The Labute approximate surface area is 320 Å². The van der Waals surface area contributed by atoms with Gasteiger partial charge in [-0.25, -0.2) is 4.57 Å². The first-order valence-corrected chi connectivity index (χ1v) is 22.7. The zero-order chi connectivity index (χ0) is 38.6. The number of quaternary nitrogens is 1. The molecule has 0 radical (unpaired) electrons. The van der Waals surface area contributed by atoms with Crippen molar-refractivity contribution in [2.24, 2.45) is 0 Å². The van der Waals surface area contributed by atoms with Crippen molar-refractivity contribution in [1.29, 1.82) is 0 Å². The largest absolute Gasteiger partial charge is 0.472 e. The van der Waals surface area contributed by atoms with Crippen molar-refractivity contribution in [1.82, 2.24) is 0 Å². The summed E-state index contributed by atoms with van der Waals surface area (Å²) in [4.78, 5) is 22.8. The Morgan fingerprint density at radius 1 is 0.673 bits per heavy atom. The molecule has 0 aliphatic carbocycles. The molecule has 0 aromatic carbocycles. The highest BCUT2D eigenvalue weighted by Gasteiger charge is 2.26. The number of ether oxygens (including phenoxy) is 2. The van der Waals surface area contributed by atoms with Crippen LogP contribution in [0.1, 0.15) is 174 Å². The number of aliphatic hydroxyl groups is 1. The first kappa shape index (κ1) is 50.9. The van der Waals surface area contributed by atoms with Gasteiger partial charge in [-0.05, 0) is 32.1 Å². The van der Waals surface area contributed by atoms with Gasteiger partial charge in [0.2, 0.25) is 0 Å². The summed E-state index contributed by atoms with van der Waals surface area (Å²) >= 11 is 0. The smallest absolute Gasteiger partial charge is 0.457 e. The molecule has 10 heteroatoms. The number of unbranched alkanes of at least 4 members (excludes halogenated alkanes) is 20. The lowest BCUT2D eigenvalue weighted by Crippen LogP contribution is -2.37. The molecule has 0 aliphatic heterocycles. The molecule has 2 N–H and O–H groups in total. The van der Waals surface area contributed by atoms with E-state index in [1.807, 2.05) is 39.4 Å². The van der Waals surface area contributed by atoms with E-state index in [2.05, 4.69) is 19.9 Å². The maximum Gasteiger partial charge on any atom is 0.472 e. The number of hydrogen-bond donors (Lipinski definition) is 2. The molecule has 3 unspecified atom stereocenters. The molecule has 0 amide bonds. The van der Waals surface area contributed by atoms with E-state index >= 15 is 0 Å². The van der Waals surface area contributed by atoms with Gasteiger partial charge in [-0.2, -0.15) is 0 Å². The van der Waals surface area contributed by atoms with Crippen LogP contribution < -0.4 is 0 Å². The molecule has 0 bridgehead atoms. The molecule has 0 aromatic heterocycles. The zero-order valence-electron chi connectivity index (χ0n) is 34.4. The van der Waals surface area contributed by atoms with Crippen molar-refractivity contribution < 1.29 is 42.4 Å². The Morgan fingerprint density at radius 2 is 1.21 bits per heavy atom. The molecule has 0 aromatic rings. The third-order valence-electron chi connectivity index (χ3n) is 9.12. The predicted octanol–water partition coefficient (Wildman–Crippen LogP) is 11.0. The fourth-order valence-electron chi connectivity index (χ4n) is 5.75. The van der Waals surface area contributed by atoms with Crippen molar-refractivity contribution in [2.75, 3.05) is 54.1 Å². The van der Waals surface area contributed by atoms with Gasteiger partial charge in [-0.3, -0.25) is 13.8 Å². The van der Waals surface area contributed by atoms with Crippen LogP contribution in [0, 0.1) is 0 Å². The van der Waals surface area contributed by atoms with Gasteiger partial charge in [0.05, 0.1) is 40.5 Å². The number of hydrogen-bond acceptors (Lipinski definition) is 7. The van der Waals surface area contributed by atoms with Crippen molar-refractivity contribution in [3.05, 3.63) is 24.3 Å². The molecule has 0 fully saturated rings. The first-order valence-electron chi connectivity index (χ1n) is 21.2. The highest BCUT2D eigenvalue weighted by molar-refractivity contribution is 7.47. The van der Waals surface area contributed by atoms with Crippen molar-refractivity contribution in [3.8, 4) is 0 Å². The van der Waals surface area contributed by atoms with Crippen LogP contribution in [-0.4, -0.2) is 86.8 Å². The van der Waals surface area contributed by atoms with Gasteiger partial charge in [-0.1, -0.05) is 160 Å². The Morgan fingerprint density at radius 3 is 1.81 bits per heavy atom. The maximum atomic E-state index is 12.7. The van der Waals surface area contributed by atoms with Crippen LogP contribution >= 0.6 is 7.82 Å². The van der Waals surface area contributed by atoms with Gasteiger partial charge in [0.25, 0.3) is 0 Å². The summed E-state index contributed by atoms with van der Waals surface area (Å²) in [6.07, 6.45) is 35.2. The average molecular weight is 761 g/mol. The number of rotatable bonds is 39. The minimum absolute atomic E-state index is 0.0774. The molecule has 9 nitrogen and oxygen atoms in total. The van der Waals surface area contributed by atoms with Crippen molar-refractivity contribution in [3.63, 3.8) is 0 Å². The quantitative estimate of drug-likeness (QED) is 0.0209. The average Bonchev–Trinajstić information content (AvgIpc) is 3.08. The van der Waals surface area contributed by atoms with E-state index in [0.29, 0.717) is 17.6 Å². The summed E-state index contributed by atoms with van der Waals surface area (Å²) in [5, 5.41) is 9.93. The second kappa shape index (κ2) is 35.6. The summed E-state index contributed by atoms with van der Waals surface area (Å²) in [6, 6.07) is 0. The zero-order valence-corrected chi connectivity index (χ0v) is 35.3. The molecule has 3 atom stereocenters. The maximum absolute atomic E-state index is 12.7. The first-order chi connectivity index (χ1) is 25.0. The van der Waals surface area contributed by atoms with E-state index in [0.717, 1.165) is 77.0 Å². The van der Waals surface area contributed by atoms with E-state index in [4.69, 9.17) is 18.5 Å². The van der Waals surface area contributed by atoms with Gasteiger partial charge < -0.3 is 24.0 Å². The van der Waals surface area contributed by atoms with E-state index in [-0.39, 0.29) is 38.3 Å². The van der Waals surface area contributed by atoms with Gasteiger partial charge in [0, 0.05) is 13.0 Å². The lowest BCUT2D eigenvalue weighted by Gasteiger charge is -2.24. The Hall–Kier alpha value is -1.06. The number of likely N-dealkylation sites (N-methyl/N-ethyl adjacent to an activating group) is 1. The van der Waals surface area contributed by atoms with Gasteiger partial charge in [0.1, 0.15) is 19.3 Å². The molecule has 52 heavy (non-hydrogen) atoms. The number of allylic oxidation sites excluding steroid dienone is 3. The molecule has 0 rings (SSSR count). The van der Waals surface area contributed by atoms with E-state index in [9.17, 15) is 19.4 Å². The lowest BCUT2D eigenvalue weighted by molar-refractivity contribution is -0.870. The molecular weight excluding hydrogens is 677 g/mol. The lowest BCUT2D eigenvalue weighted by atomic mass is 10.0. The van der Waals surface area contributed by atoms with Crippen LogP contribution in [0.25, 0.3) is 0 Å². The molecule has 0 spiro atoms. The second-order valence-corrected chi connectivity index (χ2v) is 17.0. The monoisotopic (exact) mass is 761 g/mol. The van der Waals surface area contributed by atoms with Gasteiger partial charge in [0.15, 0.2) is 0 Å². The fraction of sp³-hybridized carbons (Fsp3) is 0.881. The summed E-state index contributed by atoms with van der Waals surface area (Å²) in [5.74, 6) is -0.348. The Kier molecular flexibility index (Phi) is 34.9. The minimum atomic E-state index is -4.28. The minimum Gasteiger partial charge on any atom is -0.457 e.